The van der Waals surface area contributed by atoms with Crippen LogP contribution in [0.2, 0.25) is 0 Å². The van der Waals surface area contributed by atoms with Gasteiger partial charge in [0.2, 0.25) is 0 Å². The monoisotopic (exact) mass is 467 g/mol. The number of aromatic nitrogens is 2. The first-order valence-electron chi connectivity index (χ1n) is 12.9. The number of nitrogens with zero attached hydrogens (tertiary/aromatic N) is 1. The van der Waals surface area contributed by atoms with E-state index in [1.54, 1.807) is 0 Å². The number of fused-ring (bicyclic) bond motifs is 4. The molecule has 0 aliphatic heterocycles. The Morgan fingerprint density at radius 2 is 1.37 bits per heavy atom. The number of unbranched alkanes of at least 4 members (excludes halogenated alkanes) is 2. The number of anilines is 1. The number of benzene rings is 3. The van der Waals surface area contributed by atoms with E-state index in [2.05, 4.69) is 47.8 Å². The highest BCUT2D eigenvalue weighted by atomic mass is 16.1. The standard InChI is InChI=1S/C30H33N3O2/c1-4-7-15-33(16-8-5-2)26-14-13-19(6-3)27-28(26)32-25-17-21-24(18-22(25)30(27)35)31-23-12-10-9-11-20(23)29(21)34/h9-14,17-18H,4-8,15-16H2,1-3H3,(H,31,34)(H,32,35). The van der Waals surface area contributed by atoms with Crippen molar-refractivity contribution in [3.05, 3.63) is 74.5 Å². The Morgan fingerprint density at radius 1 is 0.714 bits per heavy atom. The van der Waals surface area contributed by atoms with Crippen LogP contribution >= 0.6 is 0 Å². The van der Waals surface area contributed by atoms with E-state index < -0.39 is 0 Å². The Morgan fingerprint density at radius 3 is 2.06 bits per heavy atom. The van der Waals surface area contributed by atoms with Crippen molar-refractivity contribution in [1.82, 2.24) is 9.97 Å². The molecule has 2 heterocycles. The van der Waals surface area contributed by atoms with E-state index in [9.17, 15) is 9.59 Å². The Bertz CT molecular complexity index is 1650. The SMILES string of the molecule is CCCCN(CCCC)c1ccc(CC)c2c(=O)c3cc4[nH]c5ccccc5c(=O)c4cc3[nH]c12. The number of hydrogen-bond donors (Lipinski definition) is 2. The van der Waals surface area contributed by atoms with Gasteiger partial charge in [-0.1, -0.05) is 51.8 Å². The summed E-state index contributed by atoms with van der Waals surface area (Å²) in [5, 5.41) is 2.62. The van der Waals surface area contributed by atoms with Crippen molar-refractivity contribution in [3.8, 4) is 0 Å². The molecule has 0 saturated heterocycles. The fourth-order valence-electron chi connectivity index (χ4n) is 5.16. The lowest BCUT2D eigenvalue weighted by molar-refractivity contribution is 0.679. The molecular weight excluding hydrogens is 434 g/mol. The van der Waals surface area contributed by atoms with Crippen LogP contribution in [0.15, 0.2) is 58.1 Å². The third-order valence-corrected chi connectivity index (χ3v) is 7.13. The summed E-state index contributed by atoms with van der Waals surface area (Å²) in [4.78, 5) is 36.6. The second-order valence-corrected chi connectivity index (χ2v) is 9.44. The quantitative estimate of drug-likeness (QED) is 0.251. The summed E-state index contributed by atoms with van der Waals surface area (Å²) in [6.07, 6.45) is 5.23. The first-order chi connectivity index (χ1) is 17.1. The smallest absolute Gasteiger partial charge is 0.197 e. The van der Waals surface area contributed by atoms with Gasteiger partial charge in [-0.2, -0.15) is 0 Å². The van der Waals surface area contributed by atoms with Crippen LogP contribution < -0.4 is 15.8 Å². The number of rotatable bonds is 8. The van der Waals surface area contributed by atoms with Crippen molar-refractivity contribution in [3.63, 3.8) is 0 Å². The van der Waals surface area contributed by atoms with Crippen molar-refractivity contribution in [1.29, 1.82) is 0 Å². The molecule has 5 heteroatoms. The maximum atomic E-state index is 13.9. The molecule has 0 bridgehead atoms. The van der Waals surface area contributed by atoms with Crippen molar-refractivity contribution in [2.24, 2.45) is 0 Å². The van der Waals surface area contributed by atoms with Crippen LogP contribution in [0.25, 0.3) is 43.6 Å². The summed E-state index contributed by atoms with van der Waals surface area (Å²) in [5.41, 5.74) is 5.17. The molecule has 0 fully saturated rings. The van der Waals surface area contributed by atoms with Crippen LogP contribution in [0, 0.1) is 0 Å². The number of aryl methyl sites for hydroxylation is 1. The highest BCUT2D eigenvalue weighted by Crippen LogP contribution is 2.30. The minimum atomic E-state index is -0.0211. The Balaban J connectivity index is 1.84. The maximum Gasteiger partial charge on any atom is 0.197 e. The molecule has 0 aliphatic rings. The number of pyridine rings is 2. The zero-order valence-corrected chi connectivity index (χ0v) is 20.8. The predicted molar refractivity (Wildman–Crippen MR) is 149 cm³/mol. The number of H-pyrrole nitrogens is 2. The molecule has 0 spiro atoms. The van der Waals surface area contributed by atoms with Gasteiger partial charge in [-0.3, -0.25) is 9.59 Å². The molecule has 0 aliphatic carbocycles. The molecule has 5 rings (SSSR count). The zero-order valence-electron chi connectivity index (χ0n) is 20.8. The number of para-hydroxylation sites is 1. The molecule has 5 aromatic rings. The molecule has 0 unspecified atom stereocenters. The average Bonchev–Trinajstić information content (AvgIpc) is 2.88. The van der Waals surface area contributed by atoms with Gasteiger partial charge >= 0.3 is 0 Å². The lowest BCUT2D eigenvalue weighted by Crippen LogP contribution is -2.26. The molecule has 0 atom stereocenters. The largest absolute Gasteiger partial charge is 0.370 e. The van der Waals surface area contributed by atoms with Gasteiger partial charge in [0.1, 0.15) is 0 Å². The zero-order chi connectivity index (χ0) is 24.5. The van der Waals surface area contributed by atoms with E-state index in [4.69, 9.17) is 0 Å². The highest BCUT2D eigenvalue weighted by Gasteiger charge is 2.17. The van der Waals surface area contributed by atoms with Crippen LogP contribution in [0.5, 0.6) is 0 Å². The summed E-state index contributed by atoms with van der Waals surface area (Å²) in [6.45, 7) is 8.42. The maximum absolute atomic E-state index is 13.9. The van der Waals surface area contributed by atoms with Gasteiger partial charge in [-0.15, -0.1) is 0 Å². The van der Waals surface area contributed by atoms with Crippen LogP contribution in [0.1, 0.15) is 52.0 Å². The fraction of sp³-hybridized carbons (Fsp3) is 0.333. The topological polar surface area (TPSA) is 69.0 Å². The normalized spacial score (nSPS) is 11.7. The predicted octanol–water partition coefficient (Wildman–Crippen LogP) is 6.65. The highest BCUT2D eigenvalue weighted by molar-refractivity contribution is 6.05. The summed E-state index contributed by atoms with van der Waals surface area (Å²) < 4.78 is 0. The Labute approximate surface area is 204 Å². The average molecular weight is 468 g/mol. The third-order valence-electron chi connectivity index (χ3n) is 7.13. The first-order valence-corrected chi connectivity index (χ1v) is 12.9. The summed E-state index contributed by atoms with van der Waals surface area (Å²) >= 11 is 0. The molecule has 5 nitrogen and oxygen atoms in total. The molecule has 0 amide bonds. The number of aromatic amines is 2. The van der Waals surface area contributed by atoms with Gasteiger partial charge < -0.3 is 14.9 Å². The molecule has 2 N–H and O–H groups in total. The van der Waals surface area contributed by atoms with Gasteiger partial charge in [0, 0.05) is 34.8 Å². The second kappa shape index (κ2) is 9.57. The number of hydrogen-bond acceptors (Lipinski definition) is 3. The van der Waals surface area contributed by atoms with Gasteiger partial charge in [0.25, 0.3) is 0 Å². The minimum Gasteiger partial charge on any atom is -0.370 e. The summed E-state index contributed by atoms with van der Waals surface area (Å²) in [7, 11) is 0. The van der Waals surface area contributed by atoms with E-state index in [0.717, 1.165) is 72.9 Å². The fourth-order valence-corrected chi connectivity index (χ4v) is 5.16. The minimum absolute atomic E-state index is 0.0211. The van der Waals surface area contributed by atoms with Crippen molar-refractivity contribution in [2.75, 3.05) is 18.0 Å². The molecular formula is C30H33N3O2. The van der Waals surface area contributed by atoms with Crippen molar-refractivity contribution < 1.29 is 0 Å². The van der Waals surface area contributed by atoms with E-state index in [0.29, 0.717) is 27.2 Å². The molecule has 0 saturated carbocycles. The molecule has 2 aromatic heterocycles. The van der Waals surface area contributed by atoms with E-state index in [1.165, 1.54) is 0 Å². The van der Waals surface area contributed by atoms with Crippen LogP contribution in [-0.2, 0) is 6.42 Å². The van der Waals surface area contributed by atoms with E-state index in [-0.39, 0.29) is 10.9 Å². The van der Waals surface area contributed by atoms with Gasteiger partial charge in [-0.25, -0.2) is 0 Å². The Hall–Kier alpha value is -3.60. The van der Waals surface area contributed by atoms with E-state index >= 15 is 0 Å². The molecule has 35 heavy (non-hydrogen) atoms. The lowest BCUT2D eigenvalue weighted by atomic mass is 10.00. The van der Waals surface area contributed by atoms with Gasteiger partial charge in [-0.05, 0) is 55.2 Å². The van der Waals surface area contributed by atoms with Crippen LogP contribution in [0.4, 0.5) is 5.69 Å². The first kappa shape index (κ1) is 23.2. The van der Waals surface area contributed by atoms with Crippen LogP contribution in [0.3, 0.4) is 0 Å². The molecule has 180 valence electrons. The summed E-state index contributed by atoms with van der Waals surface area (Å²) in [6, 6.07) is 15.5. The molecule has 3 aromatic carbocycles. The van der Waals surface area contributed by atoms with Crippen molar-refractivity contribution >= 4 is 49.3 Å². The van der Waals surface area contributed by atoms with Gasteiger partial charge in [0.05, 0.1) is 27.6 Å². The van der Waals surface area contributed by atoms with Gasteiger partial charge in [0.15, 0.2) is 10.9 Å². The van der Waals surface area contributed by atoms with Crippen LogP contribution in [-0.4, -0.2) is 23.1 Å². The third kappa shape index (κ3) is 3.99. The van der Waals surface area contributed by atoms with E-state index in [1.807, 2.05) is 36.4 Å². The summed E-state index contributed by atoms with van der Waals surface area (Å²) in [5.74, 6) is 0. The molecule has 0 radical (unpaired) electrons. The lowest BCUT2D eigenvalue weighted by Gasteiger charge is -2.26. The van der Waals surface area contributed by atoms with Crippen molar-refractivity contribution in [2.45, 2.75) is 52.9 Å². The Kier molecular flexibility index (Phi) is 6.33. The second-order valence-electron chi connectivity index (χ2n) is 9.44. The number of nitrogens with one attached hydrogen (secondary N) is 2.